The first-order valence-electron chi connectivity index (χ1n) is 8.27. The first-order chi connectivity index (χ1) is 12.4. The highest BCUT2D eigenvalue weighted by atomic mass is 16.3. The topological polar surface area (TPSA) is 136 Å². The number of hydrogen-bond donors (Lipinski definition) is 6. The molecule has 0 saturated heterocycles. The highest BCUT2D eigenvalue weighted by Crippen LogP contribution is 2.19. The number of allylic oxidation sites excluding steroid dienone is 3. The van der Waals surface area contributed by atoms with Crippen LogP contribution in [0.1, 0.15) is 13.8 Å². The summed E-state index contributed by atoms with van der Waals surface area (Å²) in [5, 5.41) is 25.0. The molecule has 0 aromatic heterocycles. The molecule has 2 rings (SSSR count). The summed E-state index contributed by atoms with van der Waals surface area (Å²) in [7, 11) is 0. The van der Waals surface area contributed by atoms with Gasteiger partial charge in [-0.3, -0.25) is 4.79 Å². The normalized spacial score (nSPS) is 17.1. The van der Waals surface area contributed by atoms with Gasteiger partial charge in [0.05, 0.1) is 23.6 Å². The quantitative estimate of drug-likeness (QED) is 0.290. The molecule has 0 saturated carbocycles. The Labute approximate surface area is 152 Å². The Morgan fingerprint density at radius 2 is 2.19 bits per heavy atom. The summed E-state index contributed by atoms with van der Waals surface area (Å²) in [6.07, 6.45) is 9.83. The largest absolute Gasteiger partial charge is 0.395 e. The third-order valence-electron chi connectivity index (χ3n) is 3.70. The number of hydrogen-bond acceptors (Lipinski definition) is 6. The number of amides is 1. The molecule has 2 heterocycles. The van der Waals surface area contributed by atoms with Gasteiger partial charge in [-0.15, -0.1) is 0 Å². The number of carbonyl (C=O) groups is 1. The summed E-state index contributed by atoms with van der Waals surface area (Å²) in [6.45, 7) is 4.03. The zero-order chi connectivity index (χ0) is 19.1. The molecule has 0 fully saturated rings. The second-order valence-electron chi connectivity index (χ2n) is 6.02. The molecule has 0 spiro atoms. The van der Waals surface area contributed by atoms with Crippen LogP contribution in [0.15, 0.2) is 63.9 Å². The van der Waals surface area contributed by atoms with Gasteiger partial charge >= 0.3 is 0 Å². The van der Waals surface area contributed by atoms with Crippen LogP contribution in [-0.4, -0.2) is 36.2 Å². The monoisotopic (exact) mass is 356 g/mol. The van der Waals surface area contributed by atoms with E-state index < -0.39 is 0 Å². The zero-order valence-electron chi connectivity index (χ0n) is 14.8. The van der Waals surface area contributed by atoms with Crippen molar-refractivity contribution in [2.24, 2.45) is 16.6 Å². The van der Waals surface area contributed by atoms with Gasteiger partial charge in [0.2, 0.25) is 0 Å². The number of carbonyl (C=O) groups excluding carboxylic acids is 1. The van der Waals surface area contributed by atoms with Crippen molar-refractivity contribution in [3.05, 3.63) is 58.9 Å². The number of fused-ring (bicyclic) bond motifs is 1. The van der Waals surface area contributed by atoms with Crippen molar-refractivity contribution >= 4 is 18.0 Å². The van der Waals surface area contributed by atoms with Crippen LogP contribution >= 0.6 is 0 Å². The van der Waals surface area contributed by atoms with E-state index in [1.165, 1.54) is 6.21 Å². The second kappa shape index (κ2) is 8.82. The summed E-state index contributed by atoms with van der Waals surface area (Å²) >= 11 is 0. The molecule has 138 valence electrons. The molecule has 8 heteroatoms. The van der Waals surface area contributed by atoms with E-state index in [9.17, 15) is 4.79 Å². The first-order valence-corrected chi connectivity index (χ1v) is 8.27. The highest BCUT2D eigenvalue weighted by Gasteiger charge is 2.18. The van der Waals surface area contributed by atoms with E-state index in [4.69, 9.17) is 16.2 Å². The van der Waals surface area contributed by atoms with Gasteiger partial charge in [0.1, 0.15) is 11.7 Å². The van der Waals surface area contributed by atoms with Crippen molar-refractivity contribution in [3.63, 3.8) is 0 Å². The maximum absolute atomic E-state index is 12.0. The van der Waals surface area contributed by atoms with E-state index >= 15 is 0 Å². The molecule has 2 aliphatic rings. The van der Waals surface area contributed by atoms with Gasteiger partial charge in [-0.25, -0.2) is 4.99 Å². The summed E-state index contributed by atoms with van der Waals surface area (Å²) in [6, 6.07) is 0. The van der Waals surface area contributed by atoms with E-state index in [2.05, 4.69) is 20.9 Å². The number of amidine groups is 1. The molecular weight excluding hydrogens is 332 g/mol. The molecule has 2 aliphatic heterocycles. The minimum absolute atomic E-state index is 0.116. The molecule has 26 heavy (non-hydrogen) atoms. The number of dihydropyridines is 2. The van der Waals surface area contributed by atoms with E-state index in [0.717, 1.165) is 11.3 Å². The van der Waals surface area contributed by atoms with Gasteiger partial charge in [-0.1, -0.05) is 13.8 Å². The van der Waals surface area contributed by atoms with Crippen LogP contribution < -0.4 is 21.7 Å². The van der Waals surface area contributed by atoms with Crippen molar-refractivity contribution in [2.75, 3.05) is 13.2 Å². The molecule has 7 N–H and O–H groups in total. The van der Waals surface area contributed by atoms with Crippen molar-refractivity contribution in [3.8, 4) is 0 Å². The third-order valence-corrected chi connectivity index (χ3v) is 3.70. The van der Waals surface area contributed by atoms with Crippen LogP contribution in [0.3, 0.4) is 0 Å². The maximum Gasteiger partial charge on any atom is 0.252 e. The van der Waals surface area contributed by atoms with Crippen molar-refractivity contribution in [1.82, 2.24) is 16.0 Å². The standard InChI is InChI=1S/C18H24N6O2/c1-11(2)12(9-19)8-16(20)24-17-4-3-14-15(23-17)7-13(10-22-14)18(26)21-5-6-25/h3-4,7-11,19,22-23,25H,5-6H2,1-2H3,(H2,20,24)(H,21,26). The molecular formula is C18H24N6O2. The maximum atomic E-state index is 12.0. The lowest BCUT2D eigenvalue weighted by molar-refractivity contribution is -0.117. The van der Waals surface area contributed by atoms with E-state index in [-0.39, 0.29) is 30.8 Å². The van der Waals surface area contributed by atoms with Crippen LogP contribution in [0, 0.1) is 11.3 Å². The lowest BCUT2D eigenvalue weighted by Gasteiger charge is -2.22. The van der Waals surface area contributed by atoms with E-state index in [1.54, 1.807) is 24.4 Å². The van der Waals surface area contributed by atoms with Gasteiger partial charge < -0.3 is 32.2 Å². The van der Waals surface area contributed by atoms with Crippen LogP contribution in [0.2, 0.25) is 0 Å². The number of nitrogens with zero attached hydrogens (tertiary/aromatic N) is 1. The molecule has 0 unspecified atom stereocenters. The lowest BCUT2D eigenvalue weighted by Crippen LogP contribution is -2.32. The molecule has 0 bridgehead atoms. The number of nitrogens with one attached hydrogen (secondary N) is 4. The van der Waals surface area contributed by atoms with Crippen molar-refractivity contribution in [2.45, 2.75) is 13.8 Å². The SMILES string of the molecule is CC(C)C(C=N)=CC(N)=NC1=CC=C2NC=C(C(=O)NCCO)C=C2N1. The van der Waals surface area contributed by atoms with Crippen molar-refractivity contribution < 1.29 is 9.90 Å². The summed E-state index contributed by atoms with van der Waals surface area (Å²) in [4.78, 5) is 16.3. The Hall–Kier alpha value is -3.13. The molecule has 1 amide bonds. The molecule has 0 atom stereocenters. The van der Waals surface area contributed by atoms with Gasteiger partial charge in [-0.2, -0.15) is 0 Å². The van der Waals surface area contributed by atoms with Gasteiger partial charge in [-0.05, 0) is 35.8 Å². The number of nitrogens with two attached hydrogens (primary N) is 1. The zero-order valence-corrected chi connectivity index (χ0v) is 14.8. The van der Waals surface area contributed by atoms with Gasteiger partial charge in [0.25, 0.3) is 5.91 Å². The van der Waals surface area contributed by atoms with Crippen LogP contribution in [-0.2, 0) is 4.79 Å². The summed E-state index contributed by atoms with van der Waals surface area (Å²) in [5.74, 6) is 0.709. The number of rotatable bonds is 7. The van der Waals surface area contributed by atoms with Gasteiger partial charge in [0.15, 0.2) is 0 Å². The Balaban J connectivity index is 2.14. The average Bonchev–Trinajstić information content (AvgIpc) is 2.63. The lowest BCUT2D eigenvalue weighted by atomic mass is 10.0. The van der Waals surface area contributed by atoms with Crippen molar-refractivity contribution in [1.29, 1.82) is 5.41 Å². The van der Waals surface area contributed by atoms with Crippen LogP contribution in [0.4, 0.5) is 0 Å². The third kappa shape index (κ3) is 4.93. The average molecular weight is 356 g/mol. The molecule has 0 aliphatic carbocycles. The Kier molecular flexibility index (Phi) is 6.51. The van der Waals surface area contributed by atoms with Crippen LogP contribution in [0.5, 0.6) is 0 Å². The Morgan fingerprint density at radius 3 is 2.85 bits per heavy atom. The van der Waals surface area contributed by atoms with E-state index in [1.807, 2.05) is 19.9 Å². The highest BCUT2D eigenvalue weighted by molar-refractivity contribution is 5.98. The second-order valence-corrected chi connectivity index (χ2v) is 6.02. The van der Waals surface area contributed by atoms with Crippen LogP contribution in [0.25, 0.3) is 0 Å². The summed E-state index contributed by atoms with van der Waals surface area (Å²) < 4.78 is 0. The number of aliphatic hydroxyl groups is 1. The summed E-state index contributed by atoms with van der Waals surface area (Å²) in [5.41, 5.74) is 8.66. The molecule has 0 radical (unpaired) electrons. The molecule has 0 aromatic carbocycles. The Bertz CT molecular complexity index is 769. The first kappa shape index (κ1) is 19.2. The number of aliphatic imine (C=N–C) groups is 1. The fourth-order valence-corrected chi connectivity index (χ4v) is 2.28. The predicted molar refractivity (Wildman–Crippen MR) is 102 cm³/mol. The van der Waals surface area contributed by atoms with E-state index in [0.29, 0.717) is 17.1 Å². The van der Waals surface area contributed by atoms with Gasteiger partial charge in [0, 0.05) is 19.0 Å². The molecule has 8 nitrogen and oxygen atoms in total. The minimum Gasteiger partial charge on any atom is -0.395 e. The predicted octanol–water partition coefficient (Wildman–Crippen LogP) is 0.384. The molecule has 0 aromatic rings. The smallest absolute Gasteiger partial charge is 0.252 e. The Morgan fingerprint density at radius 1 is 1.42 bits per heavy atom. The fourth-order valence-electron chi connectivity index (χ4n) is 2.28. The fraction of sp³-hybridized carbons (Fsp3) is 0.278. The number of aliphatic hydroxyl groups excluding tert-OH is 1. The minimum atomic E-state index is -0.283.